The Morgan fingerprint density at radius 1 is 1.07 bits per heavy atom. The first-order valence-corrected chi connectivity index (χ1v) is 9.13. The van der Waals surface area contributed by atoms with E-state index in [1.807, 2.05) is 43.3 Å². The van der Waals surface area contributed by atoms with Crippen molar-refractivity contribution in [2.75, 3.05) is 30.4 Å². The summed E-state index contributed by atoms with van der Waals surface area (Å²) in [4.78, 5) is 24.6. The van der Waals surface area contributed by atoms with Crippen LogP contribution in [0.25, 0.3) is 11.0 Å². The Bertz CT molecular complexity index is 997. The van der Waals surface area contributed by atoms with Gasteiger partial charge in [-0.2, -0.15) is 0 Å². The van der Waals surface area contributed by atoms with Crippen LogP contribution in [0.5, 0.6) is 5.75 Å². The molecule has 0 bridgehead atoms. The number of hydrogen-bond acceptors (Lipinski definition) is 5. The van der Waals surface area contributed by atoms with Crippen LogP contribution in [0.15, 0.2) is 42.5 Å². The molecule has 0 aliphatic carbocycles. The van der Waals surface area contributed by atoms with Crippen LogP contribution in [0.2, 0.25) is 0 Å². The highest BCUT2D eigenvalue weighted by Gasteiger charge is 2.22. The van der Waals surface area contributed by atoms with E-state index >= 15 is 0 Å². The highest BCUT2D eigenvalue weighted by molar-refractivity contribution is 6.07. The SMILES string of the molecule is COc1ccc(C)cc1C(=O)Nc1nc2ccccc2nc1N1CCCC1. The van der Waals surface area contributed by atoms with Crippen molar-refractivity contribution in [2.24, 2.45) is 0 Å². The van der Waals surface area contributed by atoms with Crippen LogP contribution in [-0.4, -0.2) is 36.1 Å². The van der Waals surface area contributed by atoms with Gasteiger partial charge < -0.3 is 15.0 Å². The lowest BCUT2D eigenvalue weighted by Gasteiger charge is -2.20. The molecule has 0 spiro atoms. The molecule has 6 heteroatoms. The van der Waals surface area contributed by atoms with Crippen molar-refractivity contribution < 1.29 is 9.53 Å². The van der Waals surface area contributed by atoms with Gasteiger partial charge >= 0.3 is 0 Å². The molecule has 2 aromatic carbocycles. The Labute approximate surface area is 158 Å². The van der Waals surface area contributed by atoms with Gasteiger partial charge in [0.1, 0.15) is 5.75 Å². The molecule has 27 heavy (non-hydrogen) atoms. The van der Waals surface area contributed by atoms with Crippen molar-refractivity contribution in [3.05, 3.63) is 53.6 Å². The number of amides is 1. The number of ether oxygens (including phenoxy) is 1. The lowest BCUT2D eigenvalue weighted by atomic mass is 10.1. The van der Waals surface area contributed by atoms with E-state index in [0.717, 1.165) is 48.3 Å². The summed E-state index contributed by atoms with van der Waals surface area (Å²) >= 11 is 0. The molecule has 1 aromatic heterocycles. The van der Waals surface area contributed by atoms with Gasteiger partial charge in [-0.15, -0.1) is 0 Å². The van der Waals surface area contributed by atoms with Crippen LogP contribution in [0.1, 0.15) is 28.8 Å². The predicted molar refractivity (Wildman–Crippen MR) is 107 cm³/mol. The topological polar surface area (TPSA) is 67.3 Å². The Balaban J connectivity index is 1.75. The van der Waals surface area contributed by atoms with Crippen LogP contribution in [0, 0.1) is 6.92 Å². The summed E-state index contributed by atoms with van der Waals surface area (Å²) in [6.45, 7) is 3.79. The highest BCUT2D eigenvalue weighted by Crippen LogP contribution is 2.29. The van der Waals surface area contributed by atoms with Gasteiger partial charge in [-0.3, -0.25) is 4.79 Å². The number of aromatic nitrogens is 2. The van der Waals surface area contributed by atoms with Crippen LogP contribution in [0.4, 0.5) is 11.6 Å². The summed E-state index contributed by atoms with van der Waals surface area (Å²) in [5.41, 5.74) is 3.06. The fourth-order valence-corrected chi connectivity index (χ4v) is 3.40. The zero-order valence-electron chi connectivity index (χ0n) is 15.5. The minimum atomic E-state index is -0.249. The monoisotopic (exact) mass is 362 g/mol. The number of para-hydroxylation sites is 2. The van der Waals surface area contributed by atoms with Gasteiger partial charge in [0, 0.05) is 13.1 Å². The Kier molecular flexibility index (Phi) is 4.62. The van der Waals surface area contributed by atoms with Gasteiger partial charge in [0.05, 0.1) is 23.7 Å². The number of nitrogens with zero attached hydrogens (tertiary/aromatic N) is 3. The number of carbonyl (C=O) groups excluding carboxylic acids is 1. The molecular weight excluding hydrogens is 340 g/mol. The lowest BCUT2D eigenvalue weighted by molar-refractivity contribution is 0.102. The molecule has 4 rings (SSSR count). The molecule has 6 nitrogen and oxygen atoms in total. The number of aryl methyl sites for hydroxylation is 1. The number of anilines is 2. The molecule has 3 aromatic rings. The molecule has 0 radical (unpaired) electrons. The minimum Gasteiger partial charge on any atom is -0.496 e. The number of nitrogens with one attached hydrogen (secondary N) is 1. The zero-order chi connectivity index (χ0) is 18.8. The van der Waals surface area contributed by atoms with Gasteiger partial charge in [0.15, 0.2) is 11.6 Å². The average Bonchev–Trinajstić information content (AvgIpc) is 3.22. The molecule has 2 heterocycles. The fourth-order valence-electron chi connectivity index (χ4n) is 3.40. The predicted octanol–water partition coefficient (Wildman–Crippen LogP) is 3.80. The summed E-state index contributed by atoms with van der Waals surface area (Å²) in [7, 11) is 1.56. The van der Waals surface area contributed by atoms with E-state index in [0.29, 0.717) is 17.1 Å². The molecule has 0 atom stereocenters. The van der Waals surface area contributed by atoms with E-state index in [9.17, 15) is 4.79 Å². The van der Waals surface area contributed by atoms with Gasteiger partial charge in [-0.05, 0) is 44.0 Å². The van der Waals surface area contributed by atoms with E-state index in [2.05, 4.69) is 15.2 Å². The van der Waals surface area contributed by atoms with Crippen molar-refractivity contribution in [3.8, 4) is 5.75 Å². The fraction of sp³-hybridized carbons (Fsp3) is 0.286. The third kappa shape index (κ3) is 3.43. The number of rotatable bonds is 4. The number of carbonyl (C=O) groups is 1. The summed E-state index contributed by atoms with van der Waals surface area (Å²) < 4.78 is 5.35. The van der Waals surface area contributed by atoms with E-state index < -0.39 is 0 Å². The van der Waals surface area contributed by atoms with E-state index in [4.69, 9.17) is 9.72 Å². The Hall–Kier alpha value is -3.15. The van der Waals surface area contributed by atoms with Gasteiger partial charge in [0.25, 0.3) is 5.91 Å². The molecule has 1 aliphatic heterocycles. The normalized spacial score (nSPS) is 13.8. The summed E-state index contributed by atoms with van der Waals surface area (Å²) in [5.74, 6) is 1.51. The maximum atomic E-state index is 13.0. The van der Waals surface area contributed by atoms with Crippen molar-refractivity contribution in [3.63, 3.8) is 0 Å². The second kappa shape index (κ2) is 7.23. The third-order valence-corrected chi connectivity index (χ3v) is 4.79. The first-order chi connectivity index (χ1) is 13.2. The second-order valence-corrected chi connectivity index (χ2v) is 6.74. The van der Waals surface area contributed by atoms with Crippen molar-refractivity contribution in [1.82, 2.24) is 9.97 Å². The average molecular weight is 362 g/mol. The number of benzene rings is 2. The third-order valence-electron chi connectivity index (χ3n) is 4.79. The van der Waals surface area contributed by atoms with Gasteiger partial charge in [-0.25, -0.2) is 9.97 Å². The number of methoxy groups -OCH3 is 1. The minimum absolute atomic E-state index is 0.249. The molecule has 1 fully saturated rings. The molecule has 0 saturated carbocycles. The van der Waals surface area contributed by atoms with Crippen molar-refractivity contribution in [1.29, 1.82) is 0 Å². The quantitative estimate of drug-likeness (QED) is 0.765. The number of hydrogen-bond donors (Lipinski definition) is 1. The molecule has 1 N–H and O–H groups in total. The Morgan fingerprint density at radius 2 is 1.78 bits per heavy atom. The summed E-state index contributed by atoms with van der Waals surface area (Å²) in [6.07, 6.45) is 2.24. The molecule has 138 valence electrons. The van der Waals surface area contributed by atoms with Gasteiger partial charge in [-0.1, -0.05) is 23.8 Å². The zero-order valence-corrected chi connectivity index (χ0v) is 15.5. The van der Waals surface area contributed by atoms with Crippen LogP contribution in [0.3, 0.4) is 0 Å². The van der Waals surface area contributed by atoms with E-state index in [-0.39, 0.29) is 5.91 Å². The van der Waals surface area contributed by atoms with E-state index in [1.165, 1.54) is 0 Å². The first-order valence-electron chi connectivity index (χ1n) is 9.13. The second-order valence-electron chi connectivity index (χ2n) is 6.74. The van der Waals surface area contributed by atoms with Crippen molar-refractivity contribution >= 4 is 28.6 Å². The summed E-state index contributed by atoms with van der Waals surface area (Å²) in [5, 5.41) is 2.96. The lowest BCUT2D eigenvalue weighted by Crippen LogP contribution is -2.23. The molecular formula is C21H22N4O2. The highest BCUT2D eigenvalue weighted by atomic mass is 16.5. The number of fused-ring (bicyclic) bond motifs is 1. The molecule has 0 unspecified atom stereocenters. The smallest absolute Gasteiger partial charge is 0.260 e. The maximum absolute atomic E-state index is 13.0. The maximum Gasteiger partial charge on any atom is 0.260 e. The van der Waals surface area contributed by atoms with Crippen LogP contribution in [-0.2, 0) is 0 Å². The van der Waals surface area contributed by atoms with E-state index in [1.54, 1.807) is 13.2 Å². The first kappa shape index (κ1) is 17.3. The molecule has 1 amide bonds. The standard InChI is InChI=1S/C21H22N4O2/c1-14-9-10-18(27-2)15(13-14)21(26)24-19-20(25-11-5-6-12-25)23-17-8-4-3-7-16(17)22-19/h3-4,7-10,13H,5-6,11-12H2,1-2H3,(H,22,24,26). The summed E-state index contributed by atoms with van der Waals surface area (Å²) in [6, 6.07) is 13.2. The van der Waals surface area contributed by atoms with Crippen molar-refractivity contribution in [2.45, 2.75) is 19.8 Å². The van der Waals surface area contributed by atoms with Gasteiger partial charge in [0.2, 0.25) is 0 Å². The molecule has 1 aliphatic rings. The largest absolute Gasteiger partial charge is 0.496 e. The Morgan fingerprint density at radius 3 is 2.48 bits per heavy atom. The molecule has 1 saturated heterocycles. The van der Waals surface area contributed by atoms with Crippen LogP contribution >= 0.6 is 0 Å². The van der Waals surface area contributed by atoms with Crippen LogP contribution < -0.4 is 15.0 Å².